The summed E-state index contributed by atoms with van der Waals surface area (Å²) in [6, 6.07) is 18.5. The van der Waals surface area contributed by atoms with Gasteiger partial charge in [0.2, 0.25) is 0 Å². The zero-order chi connectivity index (χ0) is 21.4. The van der Waals surface area contributed by atoms with Crippen molar-refractivity contribution in [2.75, 3.05) is 10.2 Å². The zero-order valence-corrected chi connectivity index (χ0v) is 17.1. The molecule has 6 heteroatoms. The summed E-state index contributed by atoms with van der Waals surface area (Å²) in [6.45, 7) is 3.92. The van der Waals surface area contributed by atoms with Gasteiger partial charge >= 0.3 is 0 Å². The molecule has 30 heavy (non-hydrogen) atoms. The fraction of sp³-hybridized carbons (Fsp3) is 0.0833. The summed E-state index contributed by atoms with van der Waals surface area (Å²) in [4.78, 5) is 27.7. The van der Waals surface area contributed by atoms with Crippen molar-refractivity contribution in [2.24, 2.45) is 0 Å². The molecule has 4 nitrogen and oxygen atoms in total. The molecule has 4 rings (SSSR count). The zero-order valence-electron chi connectivity index (χ0n) is 16.4. The molecule has 0 bridgehead atoms. The third-order valence-corrected chi connectivity index (χ3v) is 5.37. The largest absolute Gasteiger partial charge is 0.350 e. The maximum Gasteiger partial charge on any atom is 0.282 e. The molecule has 1 heterocycles. The van der Waals surface area contributed by atoms with Gasteiger partial charge in [-0.1, -0.05) is 48.0 Å². The normalized spacial score (nSPS) is 13.9. The van der Waals surface area contributed by atoms with Crippen molar-refractivity contribution in [1.29, 1.82) is 0 Å². The minimum atomic E-state index is -0.621. The van der Waals surface area contributed by atoms with Crippen LogP contribution in [0.5, 0.6) is 0 Å². The SMILES string of the molecule is Cc1ccc(C2=C(Nc3ccccc3)C(=O)N(c3ccc(F)c(Cl)c3)C2=O)cc1C. The Morgan fingerprint density at radius 3 is 2.27 bits per heavy atom. The van der Waals surface area contributed by atoms with Gasteiger partial charge in [0.25, 0.3) is 11.8 Å². The van der Waals surface area contributed by atoms with Gasteiger partial charge in [-0.2, -0.15) is 0 Å². The van der Waals surface area contributed by atoms with Crippen LogP contribution < -0.4 is 10.2 Å². The first kappa shape index (κ1) is 19.9. The Labute approximate surface area is 178 Å². The molecule has 3 aromatic carbocycles. The van der Waals surface area contributed by atoms with E-state index >= 15 is 0 Å². The van der Waals surface area contributed by atoms with Crippen LogP contribution in [0.4, 0.5) is 15.8 Å². The molecule has 0 atom stereocenters. The smallest absolute Gasteiger partial charge is 0.282 e. The summed E-state index contributed by atoms with van der Waals surface area (Å²) < 4.78 is 13.6. The first-order chi connectivity index (χ1) is 14.4. The number of carbonyl (C=O) groups excluding carboxylic acids is 2. The number of imide groups is 1. The summed E-state index contributed by atoms with van der Waals surface area (Å²) in [6.07, 6.45) is 0. The van der Waals surface area contributed by atoms with Gasteiger partial charge < -0.3 is 5.32 Å². The average Bonchev–Trinajstić information content (AvgIpc) is 2.97. The molecule has 0 aliphatic carbocycles. The van der Waals surface area contributed by atoms with Crippen molar-refractivity contribution in [3.63, 3.8) is 0 Å². The highest BCUT2D eigenvalue weighted by Crippen LogP contribution is 2.35. The van der Waals surface area contributed by atoms with Gasteiger partial charge in [0.1, 0.15) is 11.5 Å². The molecule has 0 spiro atoms. The summed E-state index contributed by atoms with van der Waals surface area (Å²) in [5.41, 5.74) is 4.02. The van der Waals surface area contributed by atoms with Gasteiger partial charge in [0.15, 0.2) is 0 Å². The minimum absolute atomic E-state index is 0.162. The standard InChI is InChI=1S/C24H18ClFN2O2/c1-14-8-9-16(12-15(14)2)21-22(27-17-6-4-3-5-7-17)24(30)28(23(21)29)18-10-11-20(26)19(25)13-18/h3-13,27H,1-2H3. The van der Waals surface area contributed by atoms with E-state index in [1.807, 2.05) is 50.2 Å². The minimum Gasteiger partial charge on any atom is -0.350 e. The van der Waals surface area contributed by atoms with E-state index in [1.165, 1.54) is 12.1 Å². The van der Waals surface area contributed by atoms with Gasteiger partial charge in [-0.25, -0.2) is 9.29 Å². The number of anilines is 2. The number of nitrogens with zero attached hydrogens (tertiary/aromatic N) is 1. The summed E-state index contributed by atoms with van der Waals surface area (Å²) in [7, 11) is 0. The number of halogens is 2. The average molecular weight is 421 g/mol. The first-order valence-corrected chi connectivity index (χ1v) is 9.72. The van der Waals surface area contributed by atoms with Gasteiger partial charge in [-0.15, -0.1) is 0 Å². The number of hydrogen-bond donors (Lipinski definition) is 1. The van der Waals surface area contributed by atoms with Crippen LogP contribution >= 0.6 is 11.6 Å². The van der Waals surface area contributed by atoms with Gasteiger partial charge in [-0.3, -0.25) is 9.59 Å². The Morgan fingerprint density at radius 2 is 1.60 bits per heavy atom. The number of amides is 2. The first-order valence-electron chi connectivity index (χ1n) is 9.34. The highest BCUT2D eigenvalue weighted by atomic mass is 35.5. The second-order valence-electron chi connectivity index (χ2n) is 7.08. The number of carbonyl (C=O) groups is 2. The van der Waals surface area contributed by atoms with E-state index < -0.39 is 17.6 Å². The van der Waals surface area contributed by atoms with Gasteiger partial charge in [-0.05, 0) is 60.9 Å². The lowest BCUT2D eigenvalue weighted by atomic mass is 9.99. The van der Waals surface area contributed by atoms with Crippen molar-refractivity contribution in [2.45, 2.75) is 13.8 Å². The lowest BCUT2D eigenvalue weighted by Crippen LogP contribution is -2.32. The van der Waals surface area contributed by atoms with E-state index in [4.69, 9.17) is 11.6 Å². The number of benzene rings is 3. The van der Waals surface area contributed by atoms with Crippen LogP contribution in [0.1, 0.15) is 16.7 Å². The van der Waals surface area contributed by atoms with Crippen LogP contribution in [0.25, 0.3) is 5.57 Å². The molecule has 0 aromatic heterocycles. The van der Waals surface area contributed by atoms with Crippen molar-refractivity contribution in [3.05, 3.63) is 100.0 Å². The molecule has 0 unspecified atom stereocenters. The van der Waals surface area contributed by atoms with Crippen molar-refractivity contribution in [3.8, 4) is 0 Å². The second kappa shape index (κ2) is 7.76. The molecule has 1 aliphatic rings. The predicted molar refractivity (Wildman–Crippen MR) is 117 cm³/mol. The van der Waals surface area contributed by atoms with E-state index in [-0.39, 0.29) is 22.0 Å². The van der Waals surface area contributed by atoms with Crippen LogP contribution in [0.2, 0.25) is 5.02 Å². The molecule has 0 saturated carbocycles. The summed E-state index contributed by atoms with van der Waals surface area (Å²) in [5.74, 6) is -1.64. The number of para-hydroxylation sites is 1. The van der Waals surface area contributed by atoms with Crippen molar-refractivity contribution >= 4 is 40.4 Å². The predicted octanol–water partition coefficient (Wildman–Crippen LogP) is 5.49. The van der Waals surface area contributed by atoms with Gasteiger partial charge in [0, 0.05) is 5.69 Å². The van der Waals surface area contributed by atoms with E-state index in [2.05, 4.69) is 5.32 Å². The van der Waals surface area contributed by atoms with Crippen LogP contribution in [0.15, 0.2) is 72.4 Å². The lowest BCUT2D eigenvalue weighted by Gasteiger charge is -2.16. The molecule has 3 aromatic rings. The summed E-state index contributed by atoms with van der Waals surface area (Å²) in [5, 5.41) is 2.93. The molecule has 1 N–H and O–H groups in total. The highest BCUT2D eigenvalue weighted by Gasteiger charge is 2.40. The van der Waals surface area contributed by atoms with Crippen LogP contribution in [-0.2, 0) is 9.59 Å². The highest BCUT2D eigenvalue weighted by molar-refractivity contribution is 6.46. The van der Waals surface area contributed by atoms with Crippen molar-refractivity contribution in [1.82, 2.24) is 0 Å². The van der Waals surface area contributed by atoms with E-state index in [9.17, 15) is 14.0 Å². The van der Waals surface area contributed by atoms with Gasteiger partial charge in [0.05, 0.1) is 16.3 Å². The molecule has 1 aliphatic heterocycles. The van der Waals surface area contributed by atoms with Crippen LogP contribution in [0.3, 0.4) is 0 Å². The Bertz CT molecular complexity index is 1210. The third-order valence-electron chi connectivity index (χ3n) is 5.08. The quantitative estimate of drug-likeness (QED) is 0.567. The topological polar surface area (TPSA) is 49.4 Å². The number of hydrogen-bond acceptors (Lipinski definition) is 3. The monoisotopic (exact) mass is 420 g/mol. The Morgan fingerprint density at radius 1 is 0.867 bits per heavy atom. The maximum absolute atomic E-state index is 13.6. The van der Waals surface area contributed by atoms with E-state index in [0.29, 0.717) is 11.3 Å². The van der Waals surface area contributed by atoms with E-state index in [1.54, 1.807) is 12.1 Å². The Balaban J connectivity index is 1.85. The fourth-order valence-corrected chi connectivity index (χ4v) is 3.51. The molecule has 0 saturated heterocycles. The number of rotatable bonds is 4. The molecule has 2 amide bonds. The fourth-order valence-electron chi connectivity index (χ4n) is 3.33. The molecule has 150 valence electrons. The third kappa shape index (κ3) is 3.48. The molecular weight excluding hydrogens is 403 g/mol. The molecule has 0 radical (unpaired) electrons. The molecule has 0 fully saturated rings. The van der Waals surface area contributed by atoms with Crippen LogP contribution in [0, 0.1) is 19.7 Å². The van der Waals surface area contributed by atoms with Crippen molar-refractivity contribution < 1.29 is 14.0 Å². The maximum atomic E-state index is 13.6. The summed E-state index contributed by atoms with van der Waals surface area (Å²) >= 11 is 5.89. The number of aryl methyl sites for hydroxylation is 2. The molecular formula is C24H18ClFN2O2. The van der Waals surface area contributed by atoms with Crippen LogP contribution in [-0.4, -0.2) is 11.8 Å². The second-order valence-corrected chi connectivity index (χ2v) is 7.49. The van der Waals surface area contributed by atoms with E-state index in [0.717, 1.165) is 22.1 Å². The Hall–Kier alpha value is -3.44. The lowest BCUT2D eigenvalue weighted by molar-refractivity contribution is -0.120. The number of nitrogens with one attached hydrogen (secondary N) is 1. The Kier molecular flexibility index (Phi) is 5.14.